The van der Waals surface area contributed by atoms with Gasteiger partial charge in [0.2, 0.25) is 0 Å². The molecular formula is C21H27ClO. The Hall–Kier alpha value is -1.34. The lowest BCUT2D eigenvalue weighted by Gasteiger charge is -2.05. The topological polar surface area (TPSA) is 17.1 Å². The molecule has 0 radical (unpaired) electrons. The number of hydrogen-bond acceptors (Lipinski definition) is 1. The fourth-order valence-electron chi connectivity index (χ4n) is 3.04. The molecule has 0 atom stereocenters. The molecule has 0 aliphatic heterocycles. The van der Waals surface area contributed by atoms with Gasteiger partial charge in [-0.1, -0.05) is 76.1 Å². The Morgan fingerprint density at radius 1 is 0.826 bits per heavy atom. The minimum atomic E-state index is -0.394. The van der Waals surface area contributed by atoms with Gasteiger partial charge in [0, 0.05) is 5.56 Å². The second-order valence-electron chi connectivity index (χ2n) is 6.39. The van der Waals surface area contributed by atoms with E-state index in [-0.39, 0.29) is 0 Å². The van der Waals surface area contributed by atoms with Crippen LogP contribution < -0.4 is 0 Å². The molecule has 0 amide bonds. The van der Waals surface area contributed by atoms with Gasteiger partial charge in [-0.3, -0.25) is 4.79 Å². The highest BCUT2D eigenvalue weighted by molar-refractivity contribution is 6.67. The van der Waals surface area contributed by atoms with E-state index in [2.05, 4.69) is 25.1 Å². The van der Waals surface area contributed by atoms with Crippen LogP contribution in [0.15, 0.2) is 36.4 Å². The number of rotatable bonds is 10. The second kappa shape index (κ2) is 9.72. The molecule has 124 valence electrons. The van der Waals surface area contributed by atoms with Crippen LogP contribution in [0.4, 0.5) is 0 Å². The Morgan fingerprint density at radius 3 is 2.13 bits per heavy atom. The normalized spacial score (nSPS) is 11.0. The zero-order valence-electron chi connectivity index (χ0n) is 14.1. The summed E-state index contributed by atoms with van der Waals surface area (Å²) >= 11 is 5.53. The van der Waals surface area contributed by atoms with E-state index in [1.165, 1.54) is 62.3 Å². The Labute approximate surface area is 145 Å². The molecule has 23 heavy (non-hydrogen) atoms. The van der Waals surface area contributed by atoms with Gasteiger partial charge in [0.05, 0.1) is 0 Å². The number of unbranched alkanes of at least 4 members (excludes halogenated alkanes) is 7. The van der Waals surface area contributed by atoms with Crippen molar-refractivity contribution < 1.29 is 4.79 Å². The summed E-state index contributed by atoms with van der Waals surface area (Å²) in [7, 11) is 0. The van der Waals surface area contributed by atoms with E-state index in [4.69, 9.17) is 11.6 Å². The monoisotopic (exact) mass is 330 g/mol. The van der Waals surface area contributed by atoms with Gasteiger partial charge in [-0.15, -0.1) is 0 Å². The maximum atomic E-state index is 11.2. The van der Waals surface area contributed by atoms with Crippen molar-refractivity contribution in [1.82, 2.24) is 0 Å². The van der Waals surface area contributed by atoms with Crippen molar-refractivity contribution in [3.05, 3.63) is 47.5 Å². The van der Waals surface area contributed by atoms with Crippen molar-refractivity contribution in [2.75, 3.05) is 0 Å². The molecule has 0 unspecified atom stereocenters. The molecule has 0 saturated carbocycles. The van der Waals surface area contributed by atoms with E-state index in [0.717, 1.165) is 11.8 Å². The molecule has 0 fully saturated rings. The van der Waals surface area contributed by atoms with Crippen LogP contribution in [0.2, 0.25) is 0 Å². The predicted octanol–water partition coefficient (Wildman–Crippen LogP) is 6.90. The molecule has 0 aliphatic carbocycles. The molecule has 0 aliphatic rings. The molecule has 1 nitrogen and oxygen atoms in total. The van der Waals surface area contributed by atoms with Crippen molar-refractivity contribution in [2.24, 2.45) is 0 Å². The van der Waals surface area contributed by atoms with Gasteiger partial charge < -0.3 is 0 Å². The lowest BCUT2D eigenvalue weighted by molar-refractivity contribution is 0.108. The molecule has 2 heteroatoms. The first-order valence-corrected chi connectivity index (χ1v) is 9.31. The van der Waals surface area contributed by atoms with Crippen LogP contribution in [0.1, 0.15) is 74.2 Å². The summed E-state index contributed by atoms with van der Waals surface area (Å²) < 4.78 is 0. The average Bonchev–Trinajstić information content (AvgIpc) is 2.56. The standard InChI is InChI=1S/C21H27ClO/c1-2-3-4-5-6-7-8-9-10-17-11-12-19-16-20(21(22)23)14-13-18(19)15-17/h11-16H,2-10H2,1H3. The van der Waals surface area contributed by atoms with Crippen LogP contribution in [0.3, 0.4) is 0 Å². The van der Waals surface area contributed by atoms with Gasteiger partial charge in [0.15, 0.2) is 0 Å². The quantitative estimate of drug-likeness (QED) is 0.342. The van der Waals surface area contributed by atoms with E-state index in [0.29, 0.717) is 5.56 Å². The van der Waals surface area contributed by atoms with Crippen LogP contribution in [0, 0.1) is 0 Å². The highest BCUT2D eigenvalue weighted by Gasteiger charge is 2.03. The molecule has 0 N–H and O–H groups in total. The number of hydrogen-bond donors (Lipinski definition) is 0. The molecule has 0 bridgehead atoms. The van der Waals surface area contributed by atoms with Crippen LogP contribution in [-0.2, 0) is 6.42 Å². The Morgan fingerprint density at radius 2 is 1.43 bits per heavy atom. The molecule has 0 spiro atoms. The minimum Gasteiger partial charge on any atom is -0.276 e. The van der Waals surface area contributed by atoms with Crippen LogP contribution in [-0.4, -0.2) is 5.24 Å². The first-order valence-electron chi connectivity index (χ1n) is 8.93. The lowest BCUT2D eigenvalue weighted by Crippen LogP contribution is -1.90. The first kappa shape index (κ1) is 18.0. The number of benzene rings is 2. The predicted molar refractivity (Wildman–Crippen MR) is 100 cm³/mol. The highest BCUT2D eigenvalue weighted by Crippen LogP contribution is 2.20. The van der Waals surface area contributed by atoms with E-state index in [1.807, 2.05) is 12.1 Å². The minimum absolute atomic E-state index is 0.394. The van der Waals surface area contributed by atoms with Crippen LogP contribution in [0.5, 0.6) is 0 Å². The van der Waals surface area contributed by atoms with Crippen molar-refractivity contribution in [1.29, 1.82) is 0 Å². The fourth-order valence-corrected chi connectivity index (χ4v) is 3.15. The molecule has 0 heterocycles. The van der Waals surface area contributed by atoms with Crippen LogP contribution in [0.25, 0.3) is 10.8 Å². The third-order valence-electron chi connectivity index (χ3n) is 4.45. The summed E-state index contributed by atoms with van der Waals surface area (Å²) in [5, 5.41) is 1.87. The Balaban J connectivity index is 1.78. The van der Waals surface area contributed by atoms with Gasteiger partial charge in [-0.2, -0.15) is 0 Å². The number of carbonyl (C=O) groups is 1. The zero-order valence-corrected chi connectivity index (χ0v) is 14.9. The number of carbonyl (C=O) groups excluding carboxylic acids is 1. The molecular weight excluding hydrogens is 304 g/mol. The van der Waals surface area contributed by atoms with Crippen molar-refractivity contribution in [3.63, 3.8) is 0 Å². The maximum absolute atomic E-state index is 11.2. The smallest absolute Gasteiger partial charge is 0.252 e. The van der Waals surface area contributed by atoms with Crippen molar-refractivity contribution in [3.8, 4) is 0 Å². The summed E-state index contributed by atoms with van der Waals surface area (Å²) in [5.74, 6) is 0. The summed E-state index contributed by atoms with van der Waals surface area (Å²) in [5.41, 5.74) is 1.95. The maximum Gasteiger partial charge on any atom is 0.252 e. The molecule has 0 aromatic heterocycles. The number of halogens is 1. The van der Waals surface area contributed by atoms with Gasteiger partial charge in [0.25, 0.3) is 5.24 Å². The number of aryl methyl sites for hydroxylation is 1. The van der Waals surface area contributed by atoms with Gasteiger partial charge in [-0.05, 0) is 52.9 Å². The Bertz CT molecular complexity index is 633. The van der Waals surface area contributed by atoms with E-state index < -0.39 is 5.24 Å². The fraction of sp³-hybridized carbons (Fsp3) is 0.476. The summed E-state index contributed by atoms with van der Waals surface area (Å²) in [6, 6.07) is 12.2. The zero-order chi connectivity index (χ0) is 16.5. The van der Waals surface area contributed by atoms with E-state index >= 15 is 0 Å². The molecule has 2 aromatic carbocycles. The summed E-state index contributed by atoms with van der Waals surface area (Å²) in [6.07, 6.45) is 12.0. The third kappa shape index (κ3) is 5.99. The third-order valence-corrected chi connectivity index (χ3v) is 4.67. The molecule has 0 saturated heterocycles. The van der Waals surface area contributed by atoms with Crippen molar-refractivity contribution in [2.45, 2.75) is 64.7 Å². The van der Waals surface area contributed by atoms with E-state index in [1.54, 1.807) is 6.07 Å². The first-order chi connectivity index (χ1) is 11.2. The lowest BCUT2D eigenvalue weighted by atomic mass is 10.0. The Kier molecular flexibility index (Phi) is 7.61. The van der Waals surface area contributed by atoms with E-state index in [9.17, 15) is 4.79 Å². The largest absolute Gasteiger partial charge is 0.276 e. The number of fused-ring (bicyclic) bond motifs is 1. The second-order valence-corrected chi connectivity index (χ2v) is 6.74. The van der Waals surface area contributed by atoms with Crippen molar-refractivity contribution >= 4 is 27.6 Å². The van der Waals surface area contributed by atoms with Gasteiger partial charge in [-0.25, -0.2) is 0 Å². The van der Waals surface area contributed by atoms with Gasteiger partial charge >= 0.3 is 0 Å². The molecule has 2 rings (SSSR count). The highest BCUT2D eigenvalue weighted by atomic mass is 35.5. The average molecular weight is 331 g/mol. The molecule has 2 aromatic rings. The summed E-state index contributed by atoms with van der Waals surface area (Å²) in [6.45, 7) is 2.26. The summed E-state index contributed by atoms with van der Waals surface area (Å²) in [4.78, 5) is 11.2. The van der Waals surface area contributed by atoms with Crippen LogP contribution >= 0.6 is 11.6 Å². The SMILES string of the molecule is CCCCCCCCCCc1ccc2cc(C(=O)Cl)ccc2c1. The van der Waals surface area contributed by atoms with Gasteiger partial charge in [0.1, 0.15) is 0 Å².